The van der Waals surface area contributed by atoms with Crippen molar-refractivity contribution in [3.8, 4) is 0 Å². The van der Waals surface area contributed by atoms with Crippen LogP contribution in [0, 0.1) is 5.92 Å². The smallest absolute Gasteiger partial charge is 0.339 e. The van der Waals surface area contributed by atoms with Gasteiger partial charge in [0.2, 0.25) is 0 Å². The van der Waals surface area contributed by atoms with E-state index in [4.69, 9.17) is 32.7 Å². The summed E-state index contributed by atoms with van der Waals surface area (Å²) < 4.78 is 10.3. The maximum atomic E-state index is 12.1. The number of benzene rings is 1. The van der Waals surface area contributed by atoms with Crippen LogP contribution in [0.2, 0.25) is 10.0 Å². The van der Waals surface area contributed by atoms with Crippen LogP contribution in [-0.2, 0) is 9.47 Å². The summed E-state index contributed by atoms with van der Waals surface area (Å²) in [6.45, 7) is 6.37. The Hall–Kier alpha value is -1.26. The van der Waals surface area contributed by atoms with Gasteiger partial charge in [-0.1, -0.05) is 50.4 Å². The summed E-state index contributed by atoms with van der Waals surface area (Å²) in [5.74, 6) is -1.04. The van der Waals surface area contributed by atoms with Gasteiger partial charge in [-0.25, -0.2) is 9.59 Å². The first-order valence-electron chi connectivity index (χ1n) is 7.20. The molecule has 0 fully saturated rings. The van der Waals surface area contributed by atoms with Crippen molar-refractivity contribution in [3.05, 3.63) is 33.3 Å². The van der Waals surface area contributed by atoms with E-state index in [2.05, 4.69) is 0 Å². The second-order valence-electron chi connectivity index (χ2n) is 5.29. The van der Waals surface area contributed by atoms with Gasteiger partial charge in [-0.3, -0.25) is 0 Å². The molecule has 0 aliphatic heterocycles. The molecule has 0 bridgehead atoms. The van der Waals surface area contributed by atoms with E-state index in [-0.39, 0.29) is 40.3 Å². The highest BCUT2D eigenvalue weighted by Gasteiger charge is 2.22. The highest BCUT2D eigenvalue weighted by Crippen LogP contribution is 2.27. The monoisotopic (exact) mass is 346 g/mol. The number of rotatable bonds is 7. The molecule has 1 aromatic rings. The summed E-state index contributed by atoms with van der Waals surface area (Å²) in [6.07, 6.45) is 1.65. The molecule has 0 aromatic heterocycles. The van der Waals surface area contributed by atoms with Crippen LogP contribution >= 0.6 is 23.2 Å². The van der Waals surface area contributed by atoms with Crippen molar-refractivity contribution in [1.82, 2.24) is 0 Å². The zero-order valence-electron chi connectivity index (χ0n) is 12.9. The molecular weight excluding hydrogens is 327 g/mol. The fourth-order valence-electron chi connectivity index (χ4n) is 1.59. The molecule has 0 aliphatic carbocycles. The first-order valence-corrected chi connectivity index (χ1v) is 7.95. The van der Waals surface area contributed by atoms with Crippen LogP contribution in [0.25, 0.3) is 0 Å². The molecule has 0 amide bonds. The van der Waals surface area contributed by atoms with E-state index < -0.39 is 11.9 Å². The summed E-state index contributed by atoms with van der Waals surface area (Å²) in [6, 6.07) is 2.67. The minimum absolute atomic E-state index is 0.0662. The molecule has 1 rings (SSSR count). The lowest BCUT2D eigenvalue weighted by atomic mass is 10.1. The lowest BCUT2D eigenvalue weighted by molar-refractivity contribution is 0.0428. The van der Waals surface area contributed by atoms with Gasteiger partial charge in [0.1, 0.15) is 0 Å². The summed E-state index contributed by atoms with van der Waals surface area (Å²) in [7, 11) is 0. The molecular formula is C16H20Cl2O4. The van der Waals surface area contributed by atoms with Crippen LogP contribution in [0.3, 0.4) is 0 Å². The predicted octanol–water partition coefficient (Wildman–Crippen LogP) is 4.76. The van der Waals surface area contributed by atoms with Crippen LogP contribution in [0.1, 0.15) is 54.3 Å². The maximum Gasteiger partial charge on any atom is 0.339 e. The van der Waals surface area contributed by atoms with E-state index in [1.807, 2.05) is 20.8 Å². The van der Waals surface area contributed by atoms with Crippen LogP contribution in [0.4, 0.5) is 0 Å². The van der Waals surface area contributed by atoms with Crippen molar-refractivity contribution in [2.24, 2.45) is 5.92 Å². The van der Waals surface area contributed by atoms with Crippen molar-refractivity contribution in [2.75, 3.05) is 13.2 Å². The van der Waals surface area contributed by atoms with Crippen molar-refractivity contribution >= 4 is 35.1 Å². The van der Waals surface area contributed by atoms with Crippen LogP contribution < -0.4 is 0 Å². The summed E-state index contributed by atoms with van der Waals surface area (Å²) in [5, 5.41) is 0.368. The number of hydrogen-bond acceptors (Lipinski definition) is 4. The molecule has 22 heavy (non-hydrogen) atoms. The molecule has 1 aromatic carbocycles. The third-order valence-corrected chi connectivity index (χ3v) is 3.50. The number of halogens is 2. The Bertz CT molecular complexity index is 541. The summed E-state index contributed by atoms with van der Waals surface area (Å²) in [4.78, 5) is 24.3. The van der Waals surface area contributed by atoms with Crippen molar-refractivity contribution in [2.45, 2.75) is 33.6 Å². The third-order valence-electron chi connectivity index (χ3n) is 2.78. The molecule has 0 atom stereocenters. The molecule has 122 valence electrons. The first-order chi connectivity index (χ1) is 10.4. The van der Waals surface area contributed by atoms with E-state index in [0.29, 0.717) is 0 Å². The lowest BCUT2D eigenvalue weighted by Crippen LogP contribution is -2.16. The average Bonchev–Trinajstić information content (AvgIpc) is 2.47. The molecule has 0 radical (unpaired) electrons. The Kier molecular flexibility index (Phi) is 7.69. The SMILES string of the molecule is CCCCOC(=O)c1cc(Cl)c(Cl)cc1C(=O)OCC(C)C. The molecule has 0 aliphatic rings. The van der Waals surface area contributed by atoms with Gasteiger partial charge in [0.05, 0.1) is 34.4 Å². The van der Waals surface area contributed by atoms with E-state index in [1.54, 1.807) is 0 Å². The van der Waals surface area contributed by atoms with Gasteiger partial charge in [-0.15, -0.1) is 0 Å². The number of hydrogen-bond donors (Lipinski definition) is 0. The van der Waals surface area contributed by atoms with E-state index in [1.165, 1.54) is 12.1 Å². The van der Waals surface area contributed by atoms with Crippen LogP contribution in [0.15, 0.2) is 12.1 Å². The molecule has 0 spiro atoms. The van der Waals surface area contributed by atoms with Gasteiger partial charge >= 0.3 is 11.9 Å². The number of carbonyl (C=O) groups is 2. The van der Waals surface area contributed by atoms with Crippen LogP contribution in [-0.4, -0.2) is 25.2 Å². The average molecular weight is 347 g/mol. The van der Waals surface area contributed by atoms with E-state index >= 15 is 0 Å². The number of unbranched alkanes of at least 4 members (excludes halogenated alkanes) is 1. The lowest BCUT2D eigenvalue weighted by Gasteiger charge is -2.12. The Balaban J connectivity index is 3.01. The minimum Gasteiger partial charge on any atom is -0.462 e. The van der Waals surface area contributed by atoms with Gasteiger partial charge in [-0.05, 0) is 24.5 Å². The van der Waals surface area contributed by atoms with Gasteiger partial charge in [-0.2, -0.15) is 0 Å². The molecule has 0 saturated heterocycles. The summed E-state index contributed by atoms with van der Waals surface area (Å²) >= 11 is 11.9. The largest absolute Gasteiger partial charge is 0.462 e. The standard InChI is InChI=1S/C16H20Cl2O4/c1-4-5-6-21-15(19)11-7-13(17)14(18)8-12(11)16(20)22-9-10(2)3/h7-8,10H,4-6,9H2,1-3H3. The second-order valence-corrected chi connectivity index (χ2v) is 6.11. The van der Waals surface area contributed by atoms with Gasteiger partial charge in [0.25, 0.3) is 0 Å². The predicted molar refractivity (Wildman–Crippen MR) is 86.8 cm³/mol. The minimum atomic E-state index is -0.616. The van der Waals surface area contributed by atoms with Crippen molar-refractivity contribution in [3.63, 3.8) is 0 Å². The van der Waals surface area contributed by atoms with Crippen molar-refractivity contribution in [1.29, 1.82) is 0 Å². The highest BCUT2D eigenvalue weighted by atomic mass is 35.5. The molecule has 4 nitrogen and oxygen atoms in total. The number of carbonyl (C=O) groups excluding carboxylic acids is 2. The molecule has 0 N–H and O–H groups in total. The maximum absolute atomic E-state index is 12.1. The third kappa shape index (κ3) is 5.50. The Morgan fingerprint density at radius 2 is 1.55 bits per heavy atom. The van der Waals surface area contributed by atoms with Gasteiger partial charge < -0.3 is 9.47 Å². The Morgan fingerprint density at radius 1 is 1.05 bits per heavy atom. The topological polar surface area (TPSA) is 52.6 Å². The quantitative estimate of drug-likeness (QED) is 0.527. The molecule has 0 heterocycles. The van der Waals surface area contributed by atoms with Crippen LogP contribution in [0.5, 0.6) is 0 Å². The molecule has 0 saturated carbocycles. The fraction of sp³-hybridized carbons (Fsp3) is 0.500. The second kappa shape index (κ2) is 9.01. The van der Waals surface area contributed by atoms with E-state index in [9.17, 15) is 9.59 Å². The first kappa shape index (κ1) is 18.8. The zero-order chi connectivity index (χ0) is 16.7. The van der Waals surface area contributed by atoms with Gasteiger partial charge in [0, 0.05) is 0 Å². The fourth-order valence-corrected chi connectivity index (χ4v) is 1.92. The zero-order valence-corrected chi connectivity index (χ0v) is 14.5. The molecule has 0 unspecified atom stereocenters. The Labute approximate surface area is 140 Å². The highest BCUT2D eigenvalue weighted by molar-refractivity contribution is 6.42. The van der Waals surface area contributed by atoms with Gasteiger partial charge in [0.15, 0.2) is 0 Å². The normalized spacial score (nSPS) is 10.6. The number of ether oxygens (including phenoxy) is 2. The van der Waals surface area contributed by atoms with E-state index in [0.717, 1.165) is 12.8 Å². The number of esters is 2. The molecule has 6 heteroatoms. The Morgan fingerprint density at radius 3 is 2.00 bits per heavy atom. The van der Waals surface area contributed by atoms with Crippen molar-refractivity contribution < 1.29 is 19.1 Å². The summed E-state index contributed by atoms with van der Waals surface area (Å²) in [5.41, 5.74) is 0.135.